The monoisotopic (exact) mass is 289 g/mol. The molecule has 0 amide bonds. The summed E-state index contributed by atoms with van der Waals surface area (Å²) < 4.78 is 7.38. The second-order valence-electron chi connectivity index (χ2n) is 7.75. The number of hydrogen-bond acceptors (Lipinski definition) is 3. The van der Waals surface area contributed by atoms with Crippen LogP contribution in [0.25, 0.3) is 0 Å². The van der Waals surface area contributed by atoms with Gasteiger partial charge >= 0.3 is 0 Å². The van der Waals surface area contributed by atoms with Crippen LogP contribution in [0.2, 0.25) is 0 Å². The number of nitrogens with one attached hydrogen (secondary N) is 1. The molecule has 0 unspecified atom stereocenters. The lowest BCUT2D eigenvalue weighted by atomic mass is 9.53. The smallest absolute Gasteiger partial charge is 0.216 e. The van der Waals surface area contributed by atoms with Crippen molar-refractivity contribution in [2.45, 2.75) is 57.5 Å². The summed E-state index contributed by atoms with van der Waals surface area (Å²) in [5.41, 5.74) is 2.73. The van der Waals surface area contributed by atoms with Gasteiger partial charge in [-0.25, -0.2) is 4.68 Å². The summed E-state index contributed by atoms with van der Waals surface area (Å²) in [6.07, 6.45) is 8.66. The van der Waals surface area contributed by atoms with Gasteiger partial charge in [0.2, 0.25) is 5.88 Å². The van der Waals surface area contributed by atoms with Crippen molar-refractivity contribution in [3.05, 3.63) is 11.3 Å². The summed E-state index contributed by atoms with van der Waals surface area (Å²) in [6, 6.07) is 0. The first-order valence-electron chi connectivity index (χ1n) is 8.40. The van der Waals surface area contributed by atoms with Gasteiger partial charge in [-0.2, -0.15) is 5.10 Å². The van der Waals surface area contributed by atoms with Gasteiger partial charge in [-0.3, -0.25) is 0 Å². The Balaban J connectivity index is 1.52. The molecular weight excluding hydrogens is 262 g/mol. The first-order valence-corrected chi connectivity index (χ1v) is 8.40. The Morgan fingerprint density at radius 1 is 1.19 bits per heavy atom. The Bertz CT molecular complexity index is 513. The van der Waals surface area contributed by atoms with E-state index in [1.165, 1.54) is 44.1 Å². The molecule has 0 aliphatic heterocycles. The molecule has 4 fully saturated rings. The van der Waals surface area contributed by atoms with Crippen molar-refractivity contribution in [1.29, 1.82) is 0 Å². The van der Waals surface area contributed by atoms with E-state index in [0.717, 1.165) is 35.9 Å². The molecule has 4 bridgehead atoms. The molecule has 0 saturated heterocycles. The molecule has 1 heterocycles. The van der Waals surface area contributed by atoms with E-state index in [1.54, 1.807) is 7.11 Å². The Labute approximate surface area is 127 Å². The summed E-state index contributed by atoms with van der Waals surface area (Å²) in [7, 11) is 3.70. The van der Waals surface area contributed by atoms with Gasteiger partial charge < -0.3 is 10.1 Å². The van der Waals surface area contributed by atoms with Crippen LogP contribution in [0.15, 0.2) is 0 Å². The van der Waals surface area contributed by atoms with Gasteiger partial charge in [-0.05, 0) is 63.2 Å². The lowest BCUT2D eigenvalue weighted by Gasteiger charge is -2.57. The second kappa shape index (κ2) is 4.73. The molecule has 1 aromatic heterocycles. The highest BCUT2D eigenvalue weighted by Crippen LogP contribution is 2.55. The molecule has 0 radical (unpaired) electrons. The summed E-state index contributed by atoms with van der Waals surface area (Å²) in [5.74, 6) is 3.87. The quantitative estimate of drug-likeness (QED) is 0.926. The molecule has 1 N–H and O–H groups in total. The van der Waals surface area contributed by atoms with Gasteiger partial charge in [0, 0.05) is 19.1 Å². The van der Waals surface area contributed by atoms with Crippen molar-refractivity contribution < 1.29 is 4.74 Å². The number of methoxy groups -OCH3 is 1. The minimum Gasteiger partial charge on any atom is -0.481 e. The molecule has 0 aromatic carbocycles. The average Bonchev–Trinajstić information content (AvgIpc) is 2.68. The van der Waals surface area contributed by atoms with Crippen molar-refractivity contribution in [3.8, 4) is 5.88 Å². The van der Waals surface area contributed by atoms with Crippen molar-refractivity contribution in [2.75, 3.05) is 7.11 Å². The Hall–Kier alpha value is -1.03. The molecule has 5 rings (SSSR count). The van der Waals surface area contributed by atoms with Gasteiger partial charge in [0.05, 0.1) is 18.4 Å². The standard InChI is InChI=1S/C17H27N3O/c1-11-15(16(21-3)20(2)19-11)10-18-17-7-12-4-13(8-17)6-14(5-12)9-17/h12-14,18H,4-10H2,1-3H3. The fourth-order valence-corrected chi connectivity index (χ4v) is 5.74. The van der Waals surface area contributed by atoms with E-state index < -0.39 is 0 Å². The van der Waals surface area contributed by atoms with E-state index in [0.29, 0.717) is 5.54 Å². The van der Waals surface area contributed by atoms with Crippen LogP contribution in [-0.4, -0.2) is 22.4 Å². The topological polar surface area (TPSA) is 39.1 Å². The predicted molar refractivity (Wildman–Crippen MR) is 82.2 cm³/mol. The van der Waals surface area contributed by atoms with Crippen molar-refractivity contribution >= 4 is 0 Å². The third-order valence-electron chi connectivity index (χ3n) is 6.16. The van der Waals surface area contributed by atoms with E-state index >= 15 is 0 Å². The van der Waals surface area contributed by atoms with Crippen LogP contribution in [-0.2, 0) is 13.6 Å². The maximum absolute atomic E-state index is 5.53. The normalized spacial score (nSPS) is 37.2. The van der Waals surface area contributed by atoms with Crippen LogP contribution in [0.5, 0.6) is 5.88 Å². The van der Waals surface area contributed by atoms with Crippen LogP contribution >= 0.6 is 0 Å². The zero-order valence-corrected chi connectivity index (χ0v) is 13.5. The van der Waals surface area contributed by atoms with Crippen LogP contribution < -0.4 is 10.1 Å². The van der Waals surface area contributed by atoms with E-state index in [1.807, 2.05) is 11.7 Å². The molecule has 4 aliphatic rings. The average molecular weight is 289 g/mol. The Morgan fingerprint density at radius 2 is 1.76 bits per heavy atom. The SMILES string of the molecule is COc1c(CNC23CC4CC(CC(C4)C2)C3)c(C)nn1C. The van der Waals surface area contributed by atoms with Gasteiger partial charge in [-0.15, -0.1) is 0 Å². The predicted octanol–water partition coefficient (Wildman–Crippen LogP) is 2.80. The zero-order chi connectivity index (χ0) is 14.6. The lowest BCUT2D eigenvalue weighted by molar-refractivity contribution is -0.0206. The molecule has 4 heteroatoms. The Morgan fingerprint density at radius 3 is 2.29 bits per heavy atom. The number of hydrogen-bond donors (Lipinski definition) is 1. The fraction of sp³-hybridized carbons (Fsp3) is 0.824. The minimum absolute atomic E-state index is 0.405. The molecule has 4 saturated carbocycles. The first kappa shape index (κ1) is 13.6. The summed E-state index contributed by atoms with van der Waals surface area (Å²) in [5, 5.41) is 8.44. The van der Waals surface area contributed by atoms with Crippen LogP contribution in [0.3, 0.4) is 0 Å². The largest absolute Gasteiger partial charge is 0.481 e. The van der Waals surface area contributed by atoms with Crippen molar-refractivity contribution in [2.24, 2.45) is 24.8 Å². The molecule has 4 nitrogen and oxygen atoms in total. The zero-order valence-electron chi connectivity index (χ0n) is 13.5. The third kappa shape index (κ3) is 2.19. The van der Waals surface area contributed by atoms with Gasteiger partial charge in [0.25, 0.3) is 0 Å². The van der Waals surface area contributed by atoms with Crippen molar-refractivity contribution in [1.82, 2.24) is 15.1 Å². The number of rotatable bonds is 4. The maximum atomic E-state index is 5.53. The third-order valence-corrected chi connectivity index (χ3v) is 6.16. The molecule has 116 valence electrons. The van der Waals surface area contributed by atoms with Gasteiger partial charge in [-0.1, -0.05) is 0 Å². The summed E-state index contributed by atoms with van der Waals surface area (Å²) in [4.78, 5) is 0. The highest BCUT2D eigenvalue weighted by molar-refractivity contribution is 5.31. The number of aryl methyl sites for hydroxylation is 2. The highest BCUT2D eigenvalue weighted by atomic mass is 16.5. The molecule has 1 aromatic rings. The summed E-state index contributed by atoms with van der Waals surface area (Å²) in [6.45, 7) is 2.98. The fourth-order valence-electron chi connectivity index (χ4n) is 5.74. The van der Waals surface area contributed by atoms with E-state index in [-0.39, 0.29) is 0 Å². The van der Waals surface area contributed by atoms with Gasteiger partial charge in [0.1, 0.15) is 0 Å². The molecule has 0 atom stereocenters. The molecular formula is C17H27N3O. The van der Waals surface area contributed by atoms with E-state index in [9.17, 15) is 0 Å². The number of nitrogens with zero attached hydrogens (tertiary/aromatic N) is 2. The second-order valence-corrected chi connectivity index (χ2v) is 7.75. The van der Waals surface area contributed by atoms with Crippen LogP contribution in [0.4, 0.5) is 0 Å². The van der Waals surface area contributed by atoms with E-state index in [4.69, 9.17) is 4.74 Å². The van der Waals surface area contributed by atoms with Crippen molar-refractivity contribution in [3.63, 3.8) is 0 Å². The van der Waals surface area contributed by atoms with Gasteiger partial charge in [0.15, 0.2) is 0 Å². The molecule has 4 aliphatic carbocycles. The minimum atomic E-state index is 0.405. The maximum Gasteiger partial charge on any atom is 0.216 e. The van der Waals surface area contributed by atoms with E-state index in [2.05, 4.69) is 17.3 Å². The number of ether oxygens (including phenoxy) is 1. The summed E-state index contributed by atoms with van der Waals surface area (Å²) >= 11 is 0. The molecule has 0 spiro atoms. The highest BCUT2D eigenvalue weighted by Gasteiger charge is 2.50. The Kier molecular flexibility index (Phi) is 3.07. The van der Waals surface area contributed by atoms with Crippen LogP contribution in [0, 0.1) is 24.7 Å². The lowest BCUT2D eigenvalue weighted by Crippen LogP contribution is -2.58. The number of aromatic nitrogens is 2. The van der Waals surface area contributed by atoms with Crippen LogP contribution in [0.1, 0.15) is 49.8 Å². The molecule has 21 heavy (non-hydrogen) atoms. The first-order chi connectivity index (χ1) is 10.1.